The van der Waals surface area contributed by atoms with E-state index in [2.05, 4.69) is 36.0 Å². The van der Waals surface area contributed by atoms with Crippen LogP contribution in [0.5, 0.6) is 0 Å². The second-order valence-electron chi connectivity index (χ2n) is 8.39. The summed E-state index contributed by atoms with van der Waals surface area (Å²) in [5.41, 5.74) is 3.02. The van der Waals surface area contributed by atoms with Crippen LogP contribution in [0, 0.1) is 0 Å². The van der Waals surface area contributed by atoms with Crippen molar-refractivity contribution in [3.05, 3.63) is 48.2 Å². The first-order valence-corrected chi connectivity index (χ1v) is 11.1. The molecule has 0 radical (unpaired) electrons. The van der Waals surface area contributed by atoms with Crippen LogP contribution < -0.4 is 15.5 Å². The van der Waals surface area contributed by atoms with E-state index in [0.717, 1.165) is 29.2 Å². The molecule has 2 atom stereocenters. The van der Waals surface area contributed by atoms with Crippen LogP contribution in [0.25, 0.3) is 11.4 Å². The molecule has 0 aliphatic carbocycles. The number of fused-ring (bicyclic) bond motifs is 1. The number of carbonyl (C=O) groups is 1. The van der Waals surface area contributed by atoms with Gasteiger partial charge in [0.05, 0.1) is 31.6 Å². The SMILES string of the molecule is C=CCC1(C)OCc2c(N3CCOC[C@@H]3C)nc(-c3ccc(NC(=O)NCC)cc3)nc21. The standard InChI is InChI=1S/C24H31N5O3/c1-5-11-24(4)20-19(15-32-24)22(29-12-13-31-14-16(29)3)28-21(27-20)17-7-9-18(10-8-17)26-23(30)25-6-2/h5,7-10,16H,1,6,11-15H2,2-4H3,(H2,25,26,30)/t16-,24?/m0/s1. The van der Waals surface area contributed by atoms with Crippen molar-refractivity contribution in [2.24, 2.45) is 0 Å². The van der Waals surface area contributed by atoms with Crippen LogP contribution in [-0.4, -0.2) is 48.3 Å². The number of benzene rings is 1. The number of hydrogen-bond acceptors (Lipinski definition) is 6. The number of nitrogens with zero attached hydrogens (tertiary/aromatic N) is 3. The highest BCUT2D eigenvalue weighted by Gasteiger charge is 2.40. The molecular weight excluding hydrogens is 406 g/mol. The van der Waals surface area contributed by atoms with Crippen molar-refractivity contribution in [2.45, 2.75) is 45.4 Å². The number of ether oxygens (including phenoxy) is 2. The second kappa shape index (κ2) is 9.26. The summed E-state index contributed by atoms with van der Waals surface area (Å²) >= 11 is 0. The highest BCUT2D eigenvalue weighted by atomic mass is 16.5. The van der Waals surface area contributed by atoms with Gasteiger partial charge in [0.2, 0.25) is 0 Å². The number of morpholine rings is 1. The molecule has 1 saturated heterocycles. The van der Waals surface area contributed by atoms with E-state index in [1.807, 2.05) is 37.3 Å². The van der Waals surface area contributed by atoms with Crippen molar-refractivity contribution in [2.75, 3.05) is 36.5 Å². The molecular formula is C24H31N5O3. The average Bonchev–Trinajstić information content (AvgIpc) is 3.11. The Kier molecular flexibility index (Phi) is 6.43. The molecule has 1 aromatic carbocycles. The normalized spacial score (nSPS) is 22.3. The van der Waals surface area contributed by atoms with Gasteiger partial charge in [-0.3, -0.25) is 0 Å². The molecule has 1 unspecified atom stereocenters. The van der Waals surface area contributed by atoms with Crippen LogP contribution in [0.15, 0.2) is 36.9 Å². The molecule has 2 N–H and O–H groups in total. The Balaban J connectivity index is 1.73. The fourth-order valence-electron chi connectivity index (χ4n) is 4.22. The topological polar surface area (TPSA) is 88.6 Å². The second-order valence-corrected chi connectivity index (χ2v) is 8.39. The molecule has 170 valence electrons. The molecule has 2 aliphatic heterocycles. The summed E-state index contributed by atoms with van der Waals surface area (Å²) in [6, 6.07) is 7.56. The summed E-state index contributed by atoms with van der Waals surface area (Å²) < 4.78 is 11.8. The van der Waals surface area contributed by atoms with Crippen molar-refractivity contribution in [3.63, 3.8) is 0 Å². The molecule has 1 fully saturated rings. The Hall–Kier alpha value is -2.97. The lowest BCUT2D eigenvalue weighted by Gasteiger charge is -2.35. The van der Waals surface area contributed by atoms with Crippen molar-refractivity contribution in [3.8, 4) is 11.4 Å². The number of rotatable bonds is 6. The van der Waals surface area contributed by atoms with Crippen LogP contribution >= 0.6 is 0 Å². The minimum atomic E-state index is -0.529. The van der Waals surface area contributed by atoms with E-state index in [0.29, 0.717) is 44.3 Å². The van der Waals surface area contributed by atoms with Gasteiger partial charge in [-0.1, -0.05) is 6.08 Å². The third-order valence-corrected chi connectivity index (χ3v) is 5.93. The lowest BCUT2D eigenvalue weighted by atomic mass is 9.96. The molecule has 32 heavy (non-hydrogen) atoms. The minimum Gasteiger partial charge on any atom is -0.377 e. The van der Waals surface area contributed by atoms with E-state index >= 15 is 0 Å². The summed E-state index contributed by atoms with van der Waals surface area (Å²) in [4.78, 5) is 24.0. The third kappa shape index (κ3) is 4.33. The average molecular weight is 438 g/mol. The quantitative estimate of drug-likeness (QED) is 0.668. The fraction of sp³-hybridized carbons (Fsp3) is 0.458. The van der Waals surface area contributed by atoms with E-state index in [9.17, 15) is 4.79 Å². The highest BCUT2D eigenvalue weighted by molar-refractivity contribution is 5.89. The van der Waals surface area contributed by atoms with Crippen LogP contribution in [0.4, 0.5) is 16.3 Å². The van der Waals surface area contributed by atoms with E-state index in [-0.39, 0.29) is 12.1 Å². The number of aromatic nitrogens is 2. The van der Waals surface area contributed by atoms with Gasteiger partial charge >= 0.3 is 6.03 Å². The molecule has 1 aromatic heterocycles. The minimum absolute atomic E-state index is 0.213. The van der Waals surface area contributed by atoms with Gasteiger partial charge in [-0.25, -0.2) is 14.8 Å². The maximum Gasteiger partial charge on any atom is 0.319 e. The number of amides is 2. The Bertz CT molecular complexity index is 994. The number of carbonyl (C=O) groups excluding carboxylic acids is 1. The highest BCUT2D eigenvalue weighted by Crippen LogP contribution is 2.43. The molecule has 2 aromatic rings. The molecule has 2 amide bonds. The molecule has 8 heteroatoms. The summed E-state index contributed by atoms with van der Waals surface area (Å²) in [5.74, 6) is 1.56. The zero-order valence-corrected chi connectivity index (χ0v) is 19.0. The van der Waals surface area contributed by atoms with Crippen molar-refractivity contribution in [1.82, 2.24) is 15.3 Å². The van der Waals surface area contributed by atoms with E-state index in [1.54, 1.807) is 0 Å². The summed E-state index contributed by atoms with van der Waals surface area (Å²) in [5, 5.41) is 5.54. The first kappa shape index (κ1) is 22.2. The lowest BCUT2D eigenvalue weighted by molar-refractivity contribution is -0.0228. The number of anilines is 2. The third-order valence-electron chi connectivity index (χ3n) is 5.93. The van der Waals surface area contributed by atoms with Crippen LogP contribution in [-0.2, 0) is 21.7 Å². The van der Waals surface area contributed by atoms with Crippen LogP contribution in [0.2, 0.25) is 0 Å². The summed E-state index contributed by atoms with van der Waals surface area (Å²) in [6.45, 7) is 13.2. The van der Waals surface area contributed by atoms with Gasteiger partial charge in [-0.15, -0.1) is 6.58 Å². The van der Waals surface area contributed by atoms with Crippen molar-refractivity contribution < 1.29 is 14.3 Å². The van der Waals surface area contributed by atoms with E-state index in [4.69, 9.17) is 19.4 Å². The Morgan fingerprint density at radius 1 is 1.34 bits per heavy atom. The maximum absolute atomic E-state index is 11.8. The molecule has 2 aliphatic rings. The van der Waals surface area contributed by atoms with Gasteiger partial charge in [-0.05, 0) is 51.5 Å². The number of urea groups is 1. The fourth-order valence-corrected chi connectivity index (χ4v) is 4.22. The summed E-state index contributed by atoms with van der Waals surface area (Å²) in [7, 11) is 0. The number of nitrogens with one attached hydrogen (secondary N) is 2. The smallest absolute Gasteiger partial charge is 0.319 e. The zero-order chi connectivity index (χ0) is 22.7. The molecule has 4 rings (SSSR count). The zero-order valence-electron chi connectivity index (χ0n) is 19.0. The lowest BCUT2D eigenvalue weighted by Crippen LogP contribution is -2.44. The molecule has 8 nitrogen and oxygen atoms in total. The monoisotopic (exact) mass is 437 g/mol. The Morgan fingerprint density at radius 2 is 2.12 bits per heavy atom. The largest absolute Gasteiger partial charge is 0.377 e. The van der Waals surface area contributed by atoms with Crippen molar-refractivity contribution >= 4 is 17.5 Å². The molecule has 0 spiro atoms. The maximum atomic E-state index is 11.8. The van der Waals surface area contributed by atoms with E-state index < -0.39 is 5.60 Å². The van der Waals surface area contributed by atoms with Gasteiger partial charge in [0.15, 0.2) is 5.82 Å². The predicted molar refractivity (Wildman–Crippen MR) is 125 cm³/mol. The van der Waals surface area contributed by atoms with Gasteiger partial charge in [0.25, 0.3) is 0 Å². The van der Waals surface area contributed by atoms with Crippen LogP contribution in [0.3, 0.4) is 0 Å². The Labute approximate surface area is 189 Å². The van der Waals surface area contributed by atoms with E-state index in [1.165, 1.54) is 0 Å². The molecule has 0 saturated carbocycles. The predicted octanol–water partition coefficient (Wildman–Crippen LogP) is 3.83. The first-order chi connectivity index (χ1) is 15.4. The summed E-state index contributed by atoms with van der Waals surface area (Å²) in [6.07, 6.45) is 2.54. The molecule has 3 heterocycles. The van der Waals surface area contributed by atoms with Gasteiger partial charge in [0, 0.05) is 29.9 Å². The Morgan fingerprint density at radius 3 is 2.81 bits per heavy atom. The first-order valence-electron chi connectivity index (χ1n) is 11.1. The van der Waals surface area contributed by atoms with Gasteiger partial charge < -0.3 is 25.0 Å². The molecule has 0 bridgehead atoms. The van der Waals surface area contributed by atoms with Gasteiger partial charge in [0.1, 0.15) is 11.4 Å². The van der Waals surface area contributed by atoms with Gasteiger partial charge in [-0.2, -0.15) is 0 Å². The van der Waals surface area contributed by atoms with Crippen LogP contribution in [0.1, 0.15) is 38.4 Å². The number of hydrogen-bond donors (Lipinski definition) is 2. The van der Waals surface area contributed by atoms with Crippen molar-refractivity contribution in [1.29, 1.82) is 0 Å².